The molecule has 3 heterocycles. The fraction of sp³-hybridized carbons (Fsp3) is 0.300. The number of nitriles is 1. The number of likely N-dealkylation sites (N-methyl/N-ethyl adjacent to an activating group) is 1. The predicted molar refractivity (Wildman–Crippen MR) is 106 cm³/mol. The van der Waals surface area contributed by atoms with E-state index in [-0.39, 0.29) is 17.5 Å². The maximum atomic E-state index is 11.4. The topological polar surface area (TPSA) is 130 Å². The molecule has 1 saturated heterocycles. The first-order chi connectivity index (χ1) is 13.8. The molecule has 8 nitrogen and oxygen atoms in total. The number of nitrogens with two attached hydrogens (primary N) is 1. The highest BCUT2D eigenvalue weighted by Gasteiger charge is 2.29. The van der Waals surface area contributed by atoms with Crippen LogP contribution in [0.5, 0.6) is 5.75 Å². The standard InChI is InChI=1S/C15H9N3O2S.C5H9NO2/c1-2-8-3-4-11-10(5-8)12-13(9(6-16)7-20-11)21-15(18-12)14(17)19;1-6-3-2-4(7)5(6)8/h1,3-5,9H,7H2,(H2,17,19);4,7H,2-3H2,1H3. The number of amides is 2. The van der Waals surface area contributed by atoms with E-state index in [0.29, 0.717) is 40.4 Å². The lowest BCUT2D eigenvalue weighted by molar-refractivity contribution is -0.133. The van der Waals surface area contributed by atoms with E-state index in [0.717, 1.165) is 11.3 Å². The van der Waals surface area contributed by atoms with Crippen molar-refractivity contribution in [1.29, 1.82) is 5.26 Å². The van der Waals surface area contributed by atoms with E-state index in [4.69, 9.17) is 22.0 Å². The Kier molecular flexibility index (Phi) is 5.83. The summed E-state index contributed by atoms with van der Waals surface area (Å²) >= 11 is 1.13. The zero-order chi connectivity index (χ0) is 21.1. The van der Waals surface area contributed by atoms with Crippen molar-refractivity contribution in [2.24, 2.45) is 5.73 Å². The molecule has 1 fully saturated rings. The molecular formula is C20H18N4O4S. The van der Waals surface area contributed by atoms with Gasteiger partial charge in [-0.3, -0.25) is 9.59 Å². The smallest absolute Gasteiger partial charge is 0.277 e. The second-order valence-corrected chi connectivity index (χ2v) is 7.54. The molecule has 2 unspecified atom stereocenters. The number of fused-ring (bicyclic) bond motifs is 3. The number of aliphatic hydroxyl groups is 1. The normalized spacial score (nSPS) is 19.4. The van der Waals surface area contributed by atoms with E-state index in [9.17, 15) is 14.9 Å². The van der Waals surface area contributed by atoms with Gasteiger partial charge >= 0.3 is 0 Å². The van der Waals surface area contributed by atoms with Gasteiger partial charge in [0, 0.05) is 24.7 Å². The second kappa shape index (κ2) is 8.31. The van der Waals surface area contributed by atoms with Crippen molar-refractivity contribution in [2.45, 2.75) is 18.4 Å². The summed E-state index contributed by atoms with van der Waals surface area (Å²) in [6, 6.07) is 7.43. The third-order valence-corrected chi connectivity index (χ3v) is 5.73. The van der Waals surface area contributed by atoms with Crippen LogP contribution in [0.15, 0.2) is 18.2 Å². The van der Waals surface area contributed by atoms with E-state index >= 15 is 0 Å². The summed E-state index contributed by atoms with van der Waals surface area (Å²) in [6.07, 6.45) is 5.28. The maximum absolute atomic E-state index is 11.4. The summed E-state index contributed by atoms with van der Waals surface area (Å²) in [5.74, 6) is 1.89. The number of primary amides is 1. The minimum atomic E-state index is -0.722. The number of hydrogen-bond acceptors (Lipinski definition) is 7. The Labute approximate surface area is 171 Å². The number of rotatable bonds is 1. The molecule has 0 aliphatic carbocycles. The van der Waals surface area contributed by atoms with Crippen LogP contribution in [-0.2, 0) is 4.79 Å². The van der Waals surface area contributed by atoms with E-state index in [2.05, 4.69) is 17.0 Å². The molecule has 148 valence electrons. The van der Waals surface area contributed by atoms with Gasteiger partial charge in [-0.15, -0.1) is 17.8 Å². The highest BCUT2D eigenvalue weighted by Crippen LogP contribution is 2.41. The van der Waals surface area contributed by atoms with Gasteiger partial charge in [-0.1, -0.05) is 5.92 Å². The van der Waals surface area contributed by atoms with Crippen molar-refractivity contribution in [3.05, 3.63) is 33.6 Å². The van der Waals surface area contributed by atoms with Crippen molar-refractivity contribution in [1.82, 2.24) is 9.88 Å². The SMILES string of the molecule is C#Cc1ccc2c(c1)-c1nc(C(N)=O)sc1C(C#N)CO2.CN1CCC(O)C1=O. The van der Waals surface area contributed by atoms with Gasteiger partial charge in [-0.25, -0.2) is 4.98 Å². The predicted octanol–water partition coefficient (Wildman–Crippen LogP) is 1.10. The highest BCUT2D eigenvalue weighted by atomic mass is 32.1. The van der Waals surface area contributed by atoms with Crippen LogP contribution in [0.2, 0.25) is 0 Å². The van der Waals surface area contributed by atoms with Gasteiger partial charge in [0.1, 0.15) is 24.4 Å². The summed E-state index contributed by atoms with van der Waals surface area (Å²) in [5, 5.41) is 18.2. The lowest BCUT2D eigenvalue weighted by atomic mass is 10.0. The minimum Gasteiger partial charge on any atom is -0.491 e. The number of benzene rings is 1. The van der Waals surface area contributed by atoms with Crippen molar-refractivity contribution >= 4 is 23.2 Å². The number of aliphatic hydroxyl groups excluding tert-OH is 1. The average molecular weight is 410 g/mol. The molecule has 0 spiro atoms. The van der Waals surface area contributed by atoms with Crippen LogP contribution < -0.4 is 10.5 Å². The van der Waals surface area contributed by atoms with Crippen LogP contribution in [0.25, 0.3) is 11.3 Å². The van der Waals surface area contributed by atoms with Gasteiger partial charge in [0.05, 0.1) is 16.6 Å². The first-order valence-electron chi connectivity index (χ1n) is 8.72. The third-order valence-electron chi connectivity index (χ3n) is 4.54. The fourth-order valence-electron chi connectivity index (χ4n) is 2.95. The Bertz CT molecular complexity index is 1040. The van der Waals surface area contributed by atoms with E-state index < -0.39 is 17.9 Å². The van der Waals surface area contributed by atoms with Gasteiger partial charge in [0.25, 0.3) is 11.8 Å². The quantitative estimate of drug-likeness (QED) is 0.677. The van der Waals surface area contributed by atoms with Gasteiger partial charge in [0.15, 0.2) is 5.01 Å². The summed E-state index contributed by atoms with van der Waals surface area (Å²) in [7, 11) is 1.69. The number of carbonyl (C=O) groups excluding carboxylic acids is 2. The Balaban J connectivity index is 0.000000252. The Hall–Kier alpha value is -3.40. The first-order valence-corrected chi connectivity index (χ1v) is 9.54. The number of carbonyl (C=O) groups is 2. The number of likely N-dealkylation sites (tertiary alicyclic amines) is 1. The summed E-state index contributed by atoms with van der Waals surface area (Å²) in [6.45, 7) is 0.895. The van der Waals surface area contributed by atoms with Crippen molar-refractivity contribution in [3.8, 4) is 35.4 Å². The van der Waals surface area contributed by atoms with E-state index in [1.54, 1.807) is 25.2 Å². The first kappa shape index (κ1) is 20.3. The number of thiazole rings is 1. The van der Waals surface area contributed by atoms with Gasteiger partial charge in [-0.2, -0.15) is 5.26 Å². The molecule has 2 aromatic rings. The summed E-state index contributed by atoms with van der Waals surface area (Å²) in [5.41, 5.74) is 7.19. The molecule has 1 aromatic heterocycles. The second-order valence-electron chi connectivity index (χ2n) is 6.51. The van der Waals surface area contributed by atoms with Crippen LogP contribution in [0.4, 0.5) is 0 Å². The lowest BCUT2D eigenvalue weighted by Crippen LogP contribution is -2.24. The Morgan fingerprint density at radius 2 is 2.28 bits per heavy atom. The van der Waals surface area contributed by atoms with Gasteiger partial charge in [-0.05, 0) is 24.6 Å². The molecule has 2 amide bonds. The van der Waals surface area contributed by atoms with Crippen LogP contribution in [-0.4, -0.2) is 53.1 Å². The van der Waals surface area contributed by atoms with Gasteiger partial charge in [0.2, 0.25) is 0 Å². The Morgan fingerprint density at radius 3 is 2.79 bits per heavy atom. The molecule has 1 aromatic carbocycles. The maximum Gasteiger partial charge on any atom is 0.277 e. The average Bonchev–Trinajstić information content (AvgIpc) is 3.24. The molecule has 4 rings (SSSR count). The van der Waals surface area contributed by atoms with Crippen LogP contribution >= 0.6 is 11.3 Å². The highest BCUT2D eigenvalue weighted by molar-refractivity contribution is 7.14. The third kappa shape index (κ3) is 4.06. The van der Waals surface area contributed by atoms with E-state index in [1.165, 1.54) is 4.90 Å². The molecule has 9 heteroatoms. The minimum absolute atomic E-state index is 0.148. The number of terminal acetylenes is 1. The van der Waals surface area contributed by atoms with Crippen molar-refractivity contribution in [3.63, 3.8) is 0 Å². The molecule has 0 saturated carbocycles. The lowest BCUT2D eigenvalue weighted by Gasteiger charge is -2.07. The number of nitrogens with zero attached hydrogens (tertiary/aromatic N) is 3. The Morgan fingerprint density at radius 1 is 1.52 bits per heavy atom. The molecular weight excluding hydrogens is 392 g/mol. The van der Waals surface area contributed by atoms with Crippen LogP contribution in [0.3, 0.4) is 0 Å². The fourth-order valence-corrected chi connectivity index (χ4v) is 3.91. The summed E-state index contributed by atoms with van der Waals surface area (Å²) < 4.78 is 5.65. The molecule has 29 heavy (non-hydrogen) atoms. The van der Waals surface area contributed by atoms with Gasteiger partial charge < -0.3 is 20.5 Å². The van der Waals surface area contributed by atoms with Crippen LogP contribution in [0, 0.1) is 23.7 Å². The molecule has 0 radical (unpaired) electrons. The molecule has 2 aliphatic heterocycles. The molecule has 2 atom stereocenters. The van der Waals surface area contributed by atoms with E-state index in [1.807, 2.05) is 0 Å². The number of aromatic nitrogens is 1. The number of ether oxygens (including phenoxy) is 1. The number of hydrogen-bond donors (Lipinski definition) is 2. The molecule has 3 N–H and O–H groups in total. The zero-order valence-corrected chi connectivity index (χ0v) is 16.4. The van der Waals surface area contributed by atoms with Crippen molar-refractivity contribution < 1.29 is 19.4 Å². The largest absolute Gasteiger partial charge is 0.491 e. The van der Waals surface area contributed by atoms with Crippen LogP contribution in [0.1, 0.15) is 32.6 Å². The zero-order valence-electron chi connectivity index (χ0n) is 15.6. The molecule has 2 aliphatic rings. The molecule has 0 bridgehead atoms. The summed E-state index contributed by atoms with van der Waals surface area (Å²) in [4.78, 5) is 28.4. The van der Waals surface area contributed by atoms with Crippen molar-refractivity contribution in [2.75, 3.05) is 20.2 Å². The monoisotopic (exact) mass is 410 g/mol.